The molecule has 7 heteroatoms. The summed E-state index contributed by atoms with van der Waals surface area (Å²) in [4.78, 5) is 4.10. The molecule has 102 valence electrons. The second kappa shape index (κ2) is 4.52. The molecule has 0 amide bonds. The zero-order valence-electron chi connectivity index (χ0n) is 9.87. The van der Waals surface area contributed by atoms with Gasteiger partial charge >= 0.3 is 0 Å². The van der Waals surface area contributed by atoms with E-state index in [2.05, 4.69) is 20.9 Å². The fourth-order valence-corrected chi connectivity index (χ4v) is 2.36. The Kier molecular flexibility index (Phi) is 2.93. The molecule has 0 saturated heterocycles. The fourth-order valence-electron chi connectivity index (χ4n) is 2.01. The summed E-state index contributed by atoms with van der Waals surface area (Å²) in [6.45, 7) is 0. The van der Waals surface area contributed by atoms with E-state index in [9.17, 15) is 13.2 Å². The lowest BCUT2D eigenvalue weighted by Crippen LogP contribution is -2.03. The second-order valence-electron chi connectivity index (χ2n) is 4.16. The van der Waals surface area contributed by atoms with Crippen LogP contribution in [0.4, 0.5) is 19.1 Å². The lowest BCUT2D eigenvalue weighted by Gasteiger charge is -2.07. The standard InChI is InChI=1S/C13H7BrF3N3/c14-6-1-2-11-10(3-6)19-13(18)20(11)7-4-8(15)12(17)9(16)5-7/h1-5H,(H2,18,19). The third-order valence-corrected chi connectivity index (χ3v) is 3.36. The van der Waals surface area contributed by atoms with Gasteiger partial charge in [-0.2, -0.15) is 0 Å². The lowest BCUT2D eigenvalue weighted by molar-refractivity contribution is 0.446. The van der Waals surface area contributed by atoms with Crippen molar-refractivity contribution in [1.29, 1.82) is 0 Å². The highest BCUT2D eigenvalue weighted by molar-refractivity contribution is 9.10. The molecule has 0 bridgehead atoms. The molecule has 20 heavy (non-hydrogen) atoms. The van der Waals surface area contributed by atoms with E-state index in [1.807, 2.05) is 0 Å². The van der Waals surface area contributed by atoms with Crippen molar-refractivity contribution >= 4 is 32.9 Å². The van der Waals surface area contributed by atoms with E-state index in [0.29, 0.717) is 11.0 Å². The van der Waals surface area contributed by atoms with Crippen LogP contribution >= 0.6 is 15.9 Å². The van der Waals surface area contributed by atoms with Crippen LogP contribution in [0, 0.1) is 17.5 Å². The number of nitrogens with two attached hydrogens (primary N) is 1. The normalized spacial score (nSPS) is 11.2. The average Bonchev–Trinajstić information content (AvgIpc) is 2.70. The molecule has 0 aliphatic carbocycles. The molecule has 2 aromatic carbocycles. The van der Waals surface area contributed by atoms with E-state index in [-0.39, 0.29) is 11.6 Å². The monoisotopic (exact) mass is 341 g/mol. The molecular weight excluding hydrogens is 335 g/mol. The Morgan fingerprint density at radius 2 is 1.70 bits per heavy atom. The molecule has 3 nitrogen and oxygen atoms in total. The molecule has 0 fully saturated rings. The van der Waals surface area contributed by atoms with E-state index in [1.54, 1.807) is 18.2 Å². The third kappa shape index (κ3) is 1.94. The summed E-state index contributed by atoms with van der Waals surface area (Å²) in [7, 11) is 0. The smallest absolute Gasteiger partial charge is 0.205 e. The van der Waals surface area contributed by atoms with Crippen LogP contribution in [0.15, 0.2) is 34.8 Å². The first-order chi connectivity index (χ1) is 9.47. The number of aromatic nitrogens is 2. The van der Waals surface area contributed by atoms with Crippen molar-refractivity contribution in [2.24, 2.45) is 0 Å². The summed E-state index contributed by atoms with van der Waals surface area (Å²) < 4.78 is 41.8. The van der Waals surface area contributed by atoms with Crippen LogP contribution in [0.3, 0.4) is 0 Å². The first-order valence-corrected chi connectivity index (χ1v) is 6.35. The predicted octanol–water partition coefficient (Wildman–Crippen LogP) is 3.79. The van der Waals surface area contributed by atoms with Crippen LogP contribution in [-0.2, 0) is 0 Å². The molecule has 3 rings (SSSR count). The Labute approximate surface area is 120 Å². The van der Waals surface area contributed by atoms with Crippen molar-refractivity contribution in [2.45, 2.75) is 0 Å². The van der Waals surface area contributed by atoms with Gasteiger partial charge in [0, 0.05) is 16.6 Å². The Bertz CT molecular complexity index is 806. The number of nitrogens with zero attached hydrogens (tertiary/aromatic N) is 2. The van der Waals surface area contributed by atoms with E-state index in [1.165, 1.54) is 4.57 Å². The predicted molar refractivity (Wildman–Crippen MR) is 73.1 cm³/mol. The maximum absolute atomic E-state index is 13.3. The number of hydrogen-bond acceptors (Lipinski definition) is 2. The van der Waals surface area contributed by atoms with Gasteiger partial charge in [0.05, 0.1) is 16.7 Å². The fraction of sp³-hybridized carbons (Fsp3) is 0. The van der Waals surface area contributed by atoms with Crippen LogP contribution in [0.25, 0.3) is 16.7 Å². The summed E-state index contributed by atoms with van der Waals surface area (Å²) >= 11 is 3.30. The molecule has 0 radical (unpaired) electrons. The quantitative estimate of drug-likeness (QED) is 0.684. The van der Waals surface area contributed by atoms with Gasteiger partial charge in [-0.1, -0.05) is 15.9 Å². The van der Waals surface area contributed by atoms with Crippen LogP contribution in [-0.4, -0.2) is 9.55 Å². The van der Waals surface area contributed by atoms with Crippen molar-refractivity contribution in [3.63, 3.8) is 0 Å². The van der Waals surface area contributed by atoms with Crippen molar-refractivity contribution in [3.8, 4) is 5.69 Å². The summed E-state index contributed by atoms with van der Waals surface area (Å²) in [6, 6.07) is 6.91. The van der Waals surface area contributed by atoms with Crippen molar-refractivity contribution in [1.82, 2.24) is 9.55 Å². The zero-order valence-corrected chi connectivity index (χ0v) is 11.5. The summed E-state index contributed by atoms with van der Waals surface area (Å²) in [5.41, 5.74) is 6.97. The molecule has 0 spiro atoms. The van der Waals surface area contributed by atoms with Crippen LogP contribution in [0.5, 0.6) is 0 Å². The molecule has 1 aromatic heterocycles. The van der Waals surface area contributed by atoms with Gasteiger partial charge in [-0.3, -0.25) is 4.57 Å². The number of benzene rings is 2. The van der Waals surface area contributed by atoms with E-state index in [0.717, 1.165) is 16.6 Å². The van der Waals surface area contributed by atoms with Crippen LogP contribution < -0.4 is 5.73 Å². The molecular formula is C13H7BrF3N3. The molecule has 0 saturated carbocycles. The minimum Gasteiger partial charge on any atom is -0.369 e. The van der Waals surface area contributed by atoms with Crippen molar-refractivity contribution in [2.75, 3.05) is 5.73 Å². The zero-order chi connectivity index (χ0) is 14.4. The number of imidazole rings is 1. The number of anilines is 1. The van der Waals surface area contributed by atoms with Gasteiger partial charge in [-0.25, -0.2) is 18.2 Å². The highest BCUT2D eigenvalue weighted by Crippen LogP contribution is 2.27. The van der Waals surface area contributed by atoms with Crippen LogP contribution in [0.2, 0.25) is 0 Å². The molecule has 1 heterocycles. The average molecular weight is 342 g/mol. The summed E-state index contributed by atoms with van der Waals surface area (Å²) in [5, 5.41) is 0. The first-order valence-electron chi connectivity index (χ1n) is 5.56. The SMILES string of the molecule is Nc1nc2cc(Br)ccc2n1-c1cc(F)c(F)c(F)c1. The maximum atomic E-state index is 13.3. The highest BCUT2D eigenvalue weighted by atomic mass is 79.9. The number of fused-ring (bicyclic) bond motifs is 1. The lowest BCUT2D eigenvalue weighted by atomic mass is 10.2. The van der Waals surface area contributed by atoms with E-state index >= 15 is 0 Å². The third-order valence-electron chi connectivity index (χ3n) is 2.87. The van der Waals surface area contributed by atoms with Gasteiger partial charge in [0.2, 0.25) is 5.95 Å². The molecule has 0 aliphatic heterocycles. The molecule has 2 N–H and O–H groups in total. The van der Waals surface area contributed by atoms with Gasteiger partial charge in [0.1, 0.15) is 0 Å². The topological polar surface area (TPSA) is 43.8 Å². The van der Waals surface area contributed by atoms with E-state index in [4.69, 9.17) is 5.73 Å². The first kappa shape index (κ1) is 13.0. The Morgan fingerprint density at radius 3 is 2.35 bits per heavy atom. The van der Waals surface area contributed by atoms with Gasteiger partial charge in [0.15, 0.2) is 17.5 Å². The molecule has 0 aliphatic rings. The largest absolute Gasteiger partial charge is 0.369 e. The van der Waals surface area contributed by atoms with Crippen molar-refractivity contribution < 1.29 is 13.2 Å². The number of rotatable bonds is 1. The Hall–Kier alpha value is -2.02. The molecule has 3 aromatic rings. The highest BCUT2D eigenvalue weighted by Gasteiger charge is 2.15. The van der Waals surface area contributed by atoms with Gasteiger partial charge in [-0.05, 0) is 18.2 Å². The number of halogens is 4. The second-order valence-corrected chi connectivity index (χ2v) is 5.08. The number of nitrogen functional groups attached to an aromatic ring is 1. The minimum atomic E-state index is -1.51. The maximum Gasteiger partial charge on any atom is 0.205 e. The Morgan fingerprint density at radius 1 is 1.05 bits per heavy atom. The van der Waals surface area contributed by atoms with Crippen molar-refractivity contribution in [3.05, 3.63) is 52.3 Å². The Balaban J connectivity index is 2.32. The number of hydrogen-bond donors (Lipinski definition) is 1. The van der Waals surface area contributed by atoms with Gasteiger partial charge < -0.3 is 5.73 Å². The summed E-state index contributed by atoms with van der Waals surface area (Å²) in [5.74, 6) is -4.01. The van der Waals surface area contributed by atoms with E-state index < -0.39 is 17.5 Å². The molecule has 0 unspecified atom stereocenters. The van der Waals surface area contributed by atoms with Gasteiger partial charge in [0.25, 0.3) is 0 Å². The summed E-state index contributed by atoms with van der Waals surface area (Å²) in [6.07, 6.45) is 0. The minimum absolute atomic E-state index is 0.0588. The van der Waals surface area contributed by atoms with Crippen LogP contribution in [0.1, 0.15) is 0 Å². The molecule has 0 atom stereocenters. The van der Waals surface area contributed by atoms with Gasteiger partial charge in [-0.15, -0.1) is 0 Å².